The summed E-state index contributed by atoms with van der Waals surface area (Å²) in [4.78, 5) is 3.72. The number of nitrogens with two attached hydrogens (primary N) is 1. The molecule has 2 N–H and O–H groups in total. The fourth-order valence-electron chi connectivity index (χ4n) is 1.43. The van der Waals surface area contributed by atoms with Crippen molar-refractivity contribution in [2.75, 3.05) is 5.73 Å². The van der Waals surface area contributed by atoms with Gasteiger partial charge >= 0.3 is 6.18 Å². The number of rotatable bonds is 0. The number of pyridine rings is 1. The Balaban J connectivity index is 2.82. The van der Waals surface area contributed by atoms with Crippen LogP contribution in [0.4, 0.5) is 18.9 Å². The van der Waals surface area contributed by atoms with Gasteiger partial charge in [0.15, 0.2) is 11.3 Å². The third-order valence-electron chi connectivity index (χ3n) is 1.98. The van der Waals surface area contributed by atoms with Crippen molar-refractivity contribution in [1.82, 2.24) is 14.8 Å². The van der Waals surface area contributed by atoms with Gasteiger partial charge in [0.25, 0.3) is 0 Å². The molecule has 0 aliphatic rings. The van der Waals surface area contributed by atoms with Gasteiger partial charge in [0.2, 0.25) is 0 Å². The van der Waals surface area contributed by atoms with Gasteiger partial charge in [0, 0.05) is 7.05 Å². The Hall–Kier alpha value is -1.79. The van der Waals surface area contributed by atoms with E-state index in [0.29, 0.717) is 0 Å². The van der Waals surface area contributed by atoms with Crippen LogP contribution in [-0.2, 0) is 13.2 Å². The summed E-state index contributed by atoms with van der Waals surface area (Å²) in [6, 6.07) is 1.22. The molecule has 0 bridgehead atoms. The smallest absolute Gasteiger partial charge is 0.397 e. The highest BCUT2D eigenvalue weighted by atomic mass is 19.4. The molecule has 4 nitrogen and oxygen atoms in total. The highest BCUT2D eigenvalue weighted by Crippen LogP contribution is 2.34. The summed E-state index contributed by atoms with van der Waals surface area (Å²) in [6.07, 6.45) is -3.19. The summed E-state index contributed by atoms with van der Waals surface area (Å²) in [5.41, 5.74) is 4.76. The van der Waals surface area contributed by atoms with Gasteiger partial charge in [0.1, 0.15) is 0 Å². The van der Waals surface area contributed by atoms with Crippen LogP contribution in [0, 0.1) is 0 Å². The van der Waals surface area contributed by atoms with Crippen molar-refractivity contribution in [3.63, 3.8) is 0 Å². The first-order valence-corrected chi connectivity index (χ1v) is 4.05. The first-order chi connectivity index (χ1) is 6.89. The number of aromatic nitrogens is 3. The van der Waals surface area contributed by atoms with E-state index >= 15 is 0 Å². The van der Waals surface area contributed by atoms with Gasteiger partial charge in [-0.25, -0.2) is 4.98 Å². The number of halogens is 3. The number of hydrogen-bond donors (Lipinski definition) is 1. The Morgan fingerprint density at radius 1 is 1.40 bits per heavy atom. The van der Waals surface area contributed by atoms with Crippen LogP contribution in [0.2, 0.25) is 0 Å². The highest BCUT2D eigenvalue weighted by molar-refractivity contribution is 5.81. The van der Waals surface area contributed by atoms with Crippen molar-refractivity contribution in [2.24, 2.45) is 7.05 Å². The van der Waals surface area contributed by atoms with E-state index in [1.54, 1.807) is 0 Å². The third kappa shape index (κ3) is 1.49. The lowest BCUT2D eigenvalue weighted by Crippen LogP contribution is -2.11. The predicted octanol–water partition coefficient (Wildman–Crippen LogP) is 1.57. The van der Waals surface area contributed by atoms with Gasteiger partial charge in [-0.2, -0.15) is 18.3 Å². The van der Waals surface area contributed by atoms with Crippen LogP contribution >= 0.6 is 0 Å². The fraction of sp³-hybridized carbons (Fsp3) is 0.250. The zero-order valence-electron chi connectivity index (χ0n) is 7.71. The van der Waals surface area contributed by atoms with Gasteiger partial charge in [0.05, 0.1) is 17.3 Å². The quantitative estimate of drug-likeness (QED) is 0.727. The van der Waals surface area contributed by atoms with Crippen LogP contribution in [0.15, 0.2) is 12.3 Å². The number of alkyl halides is 3. The molecule has 0 fully saturated rings. The molecule has 0 saturated heterocycles. The van der Waals surface area contributed by atoms with Crippen molar-refractivity contribution in [3.05, 3.63) is 18.0 Å². The lowest BCUT2D eigenvalue weighted by Gasteiger charge is -2.06. The normalized spacial score (nSPS) is 12.3. The second kappa shape index (κ2) is 2.85. The summed E-state index contributed by atoms with van der Waals surface area (Å²) in [5.74, 6) is 0. The molecule has 15 heavy (non-hydrogen) atoms. The summed E-state index contributed by atoms with van der Waals surface area (Å²) in [6.45, 7) is 0. The second-order valence-corrected chi connectivity index (χ2v) is 3.11. The lowest BCUT2D eigenvalue weighted by atomic mass is 10.2. The highest BCUT2D eigenvalue weighted by Gasteiger charge is 2.37. The molecule has 0 amide bonds. The van der Waals surface area contributed by atoms with Crippen molar-refractivity contribution < 1.29 is 13.2 Å². The van der Waals surface area contributed by atoms with Crippen LogP contribution < -0.4 is 5.73 Å². The predicted molar refractivity (Wildman–Crippen MR) is 47.9 cm³/mol. The molecule has 80 valence electrons. The van der Waals surface area contributed by atoms with Crippen molar-refractivity contribution in [1.29, 1.82) is 0 Å². The molecule has 2 heterocycles. The van der Waals surface area contributed by atoms with E-state index < -0.39 is 11.9 Å². The molecule has 7 heteroatoms. The molecule has 0 spiro atoms. The molecule has 0 radical (unpaired) electrons. The first-order valence-electron chi connectivity index (χ1n) is 4.05. The van der Waals surface area contributed by atoms with E-state index in [9.17, 15) is 13.2 Å². The molecule has 0 aliphatic carbocycles. The molecule has 0 atom stereocenters. The minimum Gasteiger partial charge on any atom is -0.397 e. The number of anilines is 1. The Bertz CT molecular complexity index is 514. The molecule has 0 aromatic carbocycles. The Kier molecular flexibility index (Phi) is 1.85. The monoisotopic (exact) mass is 216 g/mol. The Morgan fingerprint density at radius 3 is 2.67 bits per heavy atom. The molecule has 2 aromatic heterocycles. The van der Waals surface area contributed by atoms with Crippen LogP contribution in [0.25, 0.3) is 11.0 Å². The van der Waals surface area contributed by atoms with Crippen LogP contribution in [0.3, 0.4) is 0 Å². The standard InChI is InChI=1S/C8H7F3N4/c1-15-6(8(9,10)11)5-2-4(12)3-13-7(5)14-15/h2-3H,12H2,1H3. The molecule has 0 aliphatic heterocycles. The van der Waals surface area contributed by atoms with Gasteiger partial charge in [-0.05, 0) is 6.07 Å². The Labute approximate surface area is 82.5 Å². The number of fused-ring (bicyclic) bond motifs is 1. The topological polar surface area (TPSA) is 56.7 Å². The zero-order valence-corrected chi connectivity index (χ0v) is 7.71. The molecule has 2 aromatic rings. The summed E-state index contributed by atoms with van der Waals surface area (Å²) >= 11 is 0. The number of nitrogen functional groups attached to an aromatic ring is 1. The van der Waals surface area contributed by atoms with E-state index in [-0.39, 0.29) is 16.7 Å². The fourth-order valence-corrected chi connectivity index (χ4v) is 1.43. The number of aryl methyl sites for hydroxylation is 1. The molecule has 0 saturated carbocycles. The SMILES string of the molecule is Cn1nc2ncc(N)cc2c1C(F)(F)F. The van der Waals surface area contributed by atoms with E-state index in [1.807, 2.05) is 0 Å². The minimum absolute atomic E-state index is 0.0408. The minimum atomic E-state index is -4.46. The first kappa shape index (κ1) is 9.75. The average molecular weight is 216 g/mol. The van der Waals surface area contributed by atoms with Crippen molar-refractivity contribution in [2.45, 2.75) is 6.18 Å². The van der Waals surface area contributed by atoms with Gasteiger partial charge in [-0.1, -0.05) is 0 Å². The number of hydrogen-bond acceptors (Lipinski definition) is 3. The van der Waals surface area contributed by atoms with E-state index in [4.69, 9.17) is 5.73 Å². The molecule has 2 rings (SSSR count). The number of nitrogens with zero attached hydrogens (tertiary/aromatic N) is 3. The average Bonchev–Trinajstić information content (AvgIpc) is 2.38. The Morgan fingerprint density at radius 2 is 2.07 bits per heavy atom. The maximum Gasteiger partial charge on any atom is 0.433 e. The van der Waals surface area contributed by atoms with E-state index in [0.717, 1.165) is 4.68 Å². The van der Waals surface area contributed by atoms with Crippen LogP contribution in [0.1, 0.15) is 5.69 Å². The van der Waals surface area contributed by atoms with Crippen molar-refractivity contribution in [3.8, 4) is 0 Å². The maximum atomic E-state index is 12.6. The zero-order chi connectivity index (χ0) is 11.2. The molecular weight excluding hydrogens is 209 g/mol. The largest absolute Gasteiger partial charge is 0.433 e. The van der Waals surface area contributed by atoms with Gasteiger partial charge in [-0.3, -0.25) is 4.68 Å². The van der Waals surface area contributed by atoms with Gasteiger partial charge in [-0.15, -0.1) is 0 Å². The van der Waals surface area contributed by atoms with E-state index in [2.05, 4.69) is 10.1 Å². The van der Waals surface area contributed by atoms with Crippen LogP contribution in [0.5, 0.6) is 0 Å². The van der Waals surface area contributed by atoms with E-state index in [1.165, 1.54) is 19.3 Å². The molecular formula is C8H7F3N4. The van der Waals surface area contributed by atoms with Gasteiger partial charge < -0.3 is 5.73 Å². The van der Waals surface area contributed by atoms with Crippen LogP contribution in [-0.4, -0.2) is 14.8 Å². The summed E-state index contributed by atoms with van der Waals surface area (Å²) in [7, 11) is 1.22. The maximum absolute atomic E-state index is 12.6. The summed E-state index contributed by atoms with van der Waals surface area (Å²) < 4.78 is 38.6. The van der Waals surface area contributed by atoms with Crippen molar-refractivity contribution >= 4 is 16.7 Å². The molecule has 0 unspecified atom stereocenters. The summed E-state index contributed by atoms with van der Waals surface area (Å²) in [5, 5.41) is 3.57. The lowest BCUT2D eigenvalue weighted by molar-refractivity contribution is -0.142. The second-order valence-electron chi connectivity index (χ2n) is 3.11. The third-order valence-corrected chi connectivity index (χ3v) is 1.98.